The van der Waals surface area contributed by atoms with Gasteiger partial charge >= 0.3 is 0 Å². The molecule has 2 aliphatic rings. The van der Waals surface area contributed by atoms with E-state index in [0.29, 0.717) is 0 Å². The van der Waals surface area contributed by atoms with E-state index < -0.39 is 0 Å². The van der Waals surface area contributed by atoms with Crippen LogP contribution in [0.4, 0.5) is 0 Å². The highest BCUT2D eigenvalue weighted by Gasteiger charge is 2.40. The normalized spacial score (nSPS) is 12.9. The summed E-state index contributed by atoms with van der Waals surface area (Å²) in [6.07, 6.45) is 0. The summed E-state index contributed by atoms with van der Waals surface area (Å²) in [7, 11) is 0. The predicted molar refractivity (Wildman–Crippen MR) is 310 cm³/mol. The Morgan fingerprint density at radius 3 is 1.41 bits per heavy atom. The van der Waals surface area contributed by atoms with Gasteiger partial charge in [-0.2, -0.15) is 0 Å². The number of hydrogen-bond acceptors (Lipinski definition) is 3. The lowest BCUT2D eigenvalue weighted by atomic mass is 9.35. The molecule has 0 spiro atoms. The van der Waals surface area contributed by atoms with E-state index in [1.165, 1.54) is 32.6 Å². The molecule has 9 heteroatoms. The van der Waals surface area contributed by atoms with E-state index in [2.05, 4.69) is 247 Å². The number of rotatable bonds is 4. The van der Waals surface area contributed by atoms with Gasteiger partial charge in [-0.25, -0.2) is 4.98 Å². The maximum absolute atomic E-state index is 6.85. The van der Waals surface area contributed by atoms with Crippen molar-refractivity contribution < 1.29 is 9.47 Å². The highest BCUT2D eigenvalue weighted by atomic mass is 16.5. The molecule has 0 fully saturated rings. The average molecular weight is 971 g/mol. The Kier molecular flexibility index (Phi) is 7.79. The molecule has 76 heavy (non-hydrogen) atoms. The van der Waals surface area contributed by atoms with Crippen molar-refractivity contribution in [2.24, 2.45) is 0 Å². The molecule has 7 heterocycles. The molecule has 0 saturated carbocycles. The Morgan fingerprint density at radius 1 is 0.303 bits per heavy atom. The van der Waals surface area contributed by atoms with E-state index in [-0.39, 0.29) is 6.71 Å². The number of para-hydroxylation sites is 8. The first-order chi connectivity index (χ1) is 37.7. The first-order valence-corrected chi connectivity index (χ1v) is 25.9. The van der Waals surface area contributed by atoms with Crippen molar-refractivity contribution in [2.75, 3.05) is 0 Å². The summed E-state index contributed by atoms with van der Waals surface area (Å²) in [6.45, 7) is -0.0143. The molecule has 5 aromatic heterocycles. The molecule has 0 saturated heterocycles. The minimum absolute atomic E-state index is 0.0143. The second kappa shape index (κ2) is 14.7. The molecule has 0 amide bonds. The van der Waals surface area contributed by atoms with E-state index in [4.69, 9.17) is 14.5 Å². The fraction of sp³-hybridized carbons (Fsp3) is 0. The zero-order chi connectivity index (χ0) is 49.3. The summed E-state index contributed by atoms with van der Waals surface area (Å²) in [5.41, 5.74) is 18.3. The zero-order valence-corrected chi connectivity index (χ0v) is 40.6. The fourth-order valence-electron chi connectivity index (χ4n) is 13.3. The Morgan fingerprint density at radius 2 is 0.776 bits per heavy atom. The maximum Gasteiger partial charge on any atom is 0.260 e. The second-order valence-corrected chi connectivity index (χ2v) is 20.3. The molecule has 0 bridgehead atoms. The van der Waals surface area contributed by atoms with Gasteiger partial charge in [-0.1, -0.05) is 127 Å². The zero-order valence-electron chi connectivity index (χ0n) is 40.6. The van der Waals surface area contributed by atoms with Gasteiger partial charge in [0.1, 0.15) is 28.5 Å². The van der Waals surface area contributed by atoms with Gasteiger partial charge in [0.15, 0.2) is 0 Å². The Bertz CT molecular complexity index is 5100. The molecule has 0 N–H and O–H groups in total. The van der Waals surface area contributed by atoms with Crippen LogP contribution in [0.5, 0.6) is 23.0 Å². The summed E-state index contributed by atoms with van der Waals surface area (Å²) in [5, 5.41) is 7.17. The van der Waals surface area contributed by atoms with Crippen LogP contribution in [0.3, 0.4) is 0 Å². The molecular formula is C67H39BN6O2. The van der Waals surface area contributed by atoms with Gasteiger partial charge in [0, 0.05) is 61.3 Å². The molecule has 18 rings (SSSR count). The maximum atomic E-state index is 6.85. The van der Waals surface area contributed by atoms with Gasteiger partial charge in [0.25, 0.3) is 6.71 Å². The van der Waals surface area contributed by atoms with Gasteiger partial charge in [-0.3, -0.25) is 8.97 Å². The lowest BCUT2D eigenvalue weighted by molar-refractivity contribution is 0.464. The number of ether oxygens (including phenoxy) is 2. The smallest absolute Gasteiger partial charge is 0.260 e. The van der Waals surface area contributed by atoms with Crippen molar-refractivity contribution >= 4 is 116 Å². The van der Waals surface area contributed by atoms with Crippen molar-refractivity contribution in [3.8, 4) is 45.7 Å². The molecule has 0 unspecified atom stereocenters. The SMILES string of the molecule is c1cc(-n2c3ccccc3c3cc(-n4c5ccccc5c5ccccc54)ccc32)cc(-n2c3ccccc3n3c4ccc5c6ccccc6n(-c6cc7c8c(c6)Oc6ccccc6B8c6ccccc6O7)c5c4nc23)c1. The van der Waals surface area contributed by atoms with E-state index in [9.17, 15) is 0 Å². The van der Waals surface area contributed by atoms with Crippen molar-refractivity contribution in [3.63, 3.8) is 0 Å². The summed E-state index contributed by atoms with van der Waals surface area (Å²) in [4.78, 5) is 5.75. The lowest BCUT2D eigenvalue weighted by Gasteiger charge is -2.33. The molecule has 11 aromatic carbocycles. The number of nitrogens with zero attached hydrogens (tertiary/aromatic N) is 6. The van der Waals surface area contributed by atoms with E-state index in [1.54, 1.807) is 0 Å². The monoisotopic (exact) mass is 970 g/mol. The van der Waals surface area contributed by atoms with Crippen molar-refractivity contribution in [3.05, 3.63) is 237 Å². The molecule has 0 atom stereocenters. The second-order valence-electron chi connectivity index (χ2n) is 20.3. The number of hydrogen-bond donors (Lipinski definition) is 0. The quantitative estimate of drug-likeness (QED) is 0.165. The number of benzene rings is 11. The van der Waals surface area contributed by atoms with Crippen LogP contribution >= 0.6 is 0 Å². The Labute approximate surface area is 433 Å². The third kappa shape index (κ3) is 5.25. The Hall–Kier alpha value is -10.2. The average Bonchev–Trinajstić information content (AvgIpc) is 4.45. The largest absolute Gasteiger partial charge is 0.458 e. The molecular weight excluding hydrogens is 932 g/mol. The summed E-state index contributed by atoms with van der Waals surface area (Å²) >= 11 is 0. The van der Waals surface area contributed by atoms with Gasteiger partial charge in [0.2, 0.25) is 5.78 Å². The van der Waals surface area contributed by atoms with Gasteiger partial charge in [0.05, 0.1) is 61.0 Å². The van der Waals surface area contributed by atoms with Gasteiger partial charge in [-0.15, -0.1) is 0 Å². The first-order valence-electron chi connectivity index (χ1n) is 25.9. The molecule has 8 nitrogen and oxygen atoms in total. The van der Waals surface area contributed by atoms with Gasteiger partial charge in [-0.05, 0) is 108 Å². The number of fused-ring (bicyclic) bond motifs is 19. The molecule has 352 valence electrons. The van der Waals surface area contributed by atoms with Crippen molar-refractivity contribution in [1.29, 1.82) is 0 Å². The lowest BCUT2D eigenvalue weighted by Crippen LogP contribution is -2.57. The Balaban J connectivity index is 0.845. The standard InChI is InChI=1S/C67H39BN6O2/c1-7-24-52-44(18-1)45-19-2-8-25-53(45)71(52)42-32-34-56-49(37-42)47-21-4-9-26-54(47)70(56)40-16-15-17-41(36-40)73-57-28-11-12-29-58(57)74-59-35-33-48-46-20-3-10-27-55(46)72(66(48)65(59)69-67(73)74)43-38-62-64-63(39-43)76-61-31-14-6-23-51(61)68(64)50-22-5-13-30-60(50)75-62/h1-39H. The third-order valence-electron chi connectivity index (χ3n) is 16.4. The highest BCUT2D eigenvalue weighted by molar-refractivity contribution is 6.98. The van der Waals surface area contributed by atoms with Crippen molar-refractivity contribution in [2.45, 2.75) is 0 Å². The minimum Gasteiger partial charge on any atom is -0.458 e. The van der Waals surface area contributed by atoms with Crippen LogP contribution in [0, 0.1) is 0 Å². The van der Waals surface area contributed by atoms with Crippen LogP contribution in [0.2, 0.25) is 0 Å². The fourth-order valence-corrected chi connectivity index (χ4v) is 13.3. The van der Waals surface area contributed by atoms with Crippen LogP contribution in [0.25, 0.3) is 116 Å². The van der Waals surface area contributed by atoms with E-state index in [0.717, 1.165) is 123 Å². The first kappa shape index (κ1) is 40.3. The highest BCUT2D eigenvalue weighted by Crippen LogP contribution is 2.43. The minimum atomic E-state index is -0.0143. The van der Waals surface area contributed by atoms with Crippen LogP contribution in [-0.2, 0) is 0 Å². The molecule has 0 aliphatic carbocycles. The summed E-state index contributed by atoms with van der Waals surface area (Å²) in [5.74, 6) is 4.14. The third-order valence-corrected chi connectivity index (χ3v) is 16.4. The van der Waals surface area contributed by atoms with Crippen LogP contribution in [0.15, 0.2) is 237 Å². The summed E-state index contributed by atoms with van der Waals surface area (Å²) < 4.78 is 25.5. The molecule has 16 aromatic rings. The van der Waals surface area contributed by atoms with Crippen LogP contribution in [-0.4, -0.2) is 34.4 Å². The van der Waals surface area contributed by atoms with Gasteiger partial charge < -0.3 is 23.2 Å². The molecule has 0 radical (unpaired) electrons. The van der Waals surface area contributed by atoms with E-state index in [1.807, 2.05) is 12.1 Å². The number of imidazole rings is 2. The van der Waals surface area contributed by atoms with E-state index >= 15 is 0 Å². The van der Waals surface area contributed by atoms with Crippen molar-refractivity contribution in [1.82, 2.24) is 27.7 Å². The number of aromatic nitrogens is 6. The van der Waals surface area contributed by atoms with Crippen LogP contribution < -0.4 is 25.9 Å². The molecule has 2 aliphatic heterocycles. The van der Waals surface area contributed by atoms with Crippen LogP contribution in [0.1, 0.15) is 0 Å². The summed E-state index contributed by atoms with van der Waals surface area (Å²) in [6, 6.07) is 85.1. The predicted octanol–water partition coefficient (Wildman–Crippen LogP) is 14.5. The topological polar surface area (TPSA) is 55.5 Å².